The number of anilines is 2. The number of aromatic nitrogens is 4. The lowest BCUT2D eigenvalue weighted by Gasteiger charge is -2.05. The van der Waals surface area contributed by atoms with Crippen LogP contribution in [-0.4, -0.2) is 20.1 Å². The Balaban J connectivity index is 2.04. The molecule has 7 nitrogen and oxygen atoms in total. The molecule has 0 amide bonds. The zero-order valence-corrected chi connectivity index (χ0v) is 9.90. The summed E-state index contributed by atoms with van der Waals surface area (Å²) in [4.78, 5) is 11.8. The molecule has 0 fully saturated rings. The summed E-state index contributed by atoms with van der Waals surface area (Å²) in [6.45, 7) is 2.29. The van der Waals surface area contributed by atoms with Crippen LogP contribution in [0.3, 0.4) is 0 Å². The fraction of sp³-hybridized carbons (Fsp3) is 0.333. The van der Waals surface area contributed by atoms with E-state index in [1.165, 1.54) is 6.33 Å². The highest BCUT2D eigenvalue weighted by Gasteiger charge is 2.08. The molecular formula is C9H11ClN6O. The van der Waals surface area contributed by atoms with E-state index >= 15 is 0 Å². The second kappa shape index (κ2) is 4.96. The molecule has 0 bridgehead atoms. The maximum Gasteiger partial charge on any atom is 0.245 e. The second-order valence-corrected chi connectivity index (χ2v) is 3.60. The summed E-state index contributed by atoms with van der Waals surface area (Å²) in [6.07, 6.45) is 2.05. The lowest BCUT2D eigenvalue weighted by Crippen LogP contribution is -2.06. The van der Waals surface area contributed by atoms with E-state index < -0.39 is 0 Å². The van der Waals surface area contributed by atoms with E-state index in [4.69, 9.17) is 21.9 Å². The van der Waals surface area contributed by atoms with Gasteiger partial charge in [-0.25, -0.2) is 9.97 Å². The van der Waals surface area contributed by atoms with Crippen LogP contribution < -0.4 is 11.1 Å². The average Bonchev–Trinajstić information content (AvgIpc) is 2.79. The molecule has 0 aliphatic rings. The second-order valence-electron chi connectivity index (χ2n) is 3.24. The summed E-state index contributed by atoms with van der Waals surface area (Å²) >= 11 is 5.75. The van der Waals surface area contributed by atoms with Crippen molar-refractivity contribution in [2.75, 3.05) is 11.1 Å². The van der Waals surface area contributed by atoms with Crippen LogP contribution in [0, 0.1) is 0 Å². The van der Waals surface area contributed by atoms with E-state index in [-0.39, 0.29) is 5.15 Å². The topological polar surface area (TPSA) is 103 Å². The van der Waals surface area contributed by atoms with Gasteiger partial charge in [0.2, 0.25) is 5.89 Å². The Bertz CT molecular complexity index is 514. The van der Waals surface area contributed by atoms with Gasteiger partial charge in [-0.3, -0.25) is 0 Å². The smallest absolute Gasteiger partial charge is 0.245 e. The van der Waals surface area contributed by atoms with Crippen molar-refractivity contribution in [3.05, 3.63) is 23.2 Å². The van der Waals surface area contributed by atoms with Gasteiger partial charge in [0.05, 0.1) is 6.54 Å². The number of aryl methyl sites for hydroxylation is 1. The van der Waals surface area contributed by atoms with Crippen molar-refractivity contribution in [1.29, 1.82) is 0 Å². The van der Waals surface area contributed by atoms with Crippen LogP contribution in [0.2, 0.25) is 5.15 Å². The van der Waals surface area contributed by atoms with Gasteiger partial charge in [-0.1, -0.05) is 23.7 Å². The molecule has 0 atom stereocenters. The lowest BCUT2D eigenvalue weighted by molar-refractivity contribution is 0.378. The van der Waals surface area contributed by atoms with Gasteiger partial charge in [-0.2, -0.15) is 4.98 Å². The molecule has 90 valence electrons. The van der Waals surface area contributed by atoms with Crippen LogP contribution in [0.25, 0.3) is 0 Å². The van der Waals surface area contributed by atoms with Crippen LogP contribution >= 0.6 is 11.6 Å². The fourth-order valence-corrected chi connectivity index (χ4v) is 1.31. The van der Waals surface area contributed by atoms with Gasteiger partial charge in [-0.15, -0.1) is 0 Å². The molecule has 2 aromatic heterocycles. The van der Waals surface area contributed by atoms with Crippen molar-refractivity contribution in [2.45, 2.75) is 19.9 Å². The first kappa shape index (κ1) is 11.6. The standard InChI is InChI=1S/C9H11ClN6O/c1-2-5-15-6(17-16-5)3-12-9-7(11)8(10)13-4-14-9/h4H,2-3,11H2,1H3,(H,12,13,14). The molecule has 2 rings (SSSR count). The minimum absolute atomic E-state index is 0.210. The molecule has 0 saturated carbocycles. The quantitative estimate of drug-likeness (QED) is 0.792. The summed E-state index contributed by atoms with van der Waals surface area (Å²) < 4.78 is 5.01. The summed E-state index contributed by atoms with van der Waals surface area (Å²) in [6, 6.07) is 0. The molecule has 2 heterocycles. The SMILES string of the molecule is CCc1noc(CNc2ncnc(Cl)c2N)n1. The average molecular weight is 255 g/mol. The van der Waals surface area contributed by atoms with Gasteiger partial charge >= 0.3 is 0 Å². The largest absolute Gasteiger partial charge is 0.393 e. The number of nitrogens with zero attached hydrogens (tertiary/aromatic N) is 4. The number of halogens is 1. The summed E-state index contributed by atoms with van der Waals surface area (Å²) in [5.41, 5.74) is 5.99. The van der Waals surface area contributed by atoms with E-state index in [1.807, 2.05) is 6.92 Å². The molecule has 2 aromatic rings. The number of nitrogens with two attached hydrogens (primary N) is 1. The number of rotatable bonds is 4. The Morgan fingerprint density at radius 1 is 1.47 bits per heavy atom. The van der Waals surface area contributed by atoms with Crippen molar-refractivity contribution in [3.8, 4) is 0 Å². The maximum atomic E-state index is 5.75. The van der Waals surface area contributed by atoms with Gasteiger partial charge in [-0.05, 0) is 0 Å². The molecule has 8 heteroatoms. The van der Waals surface area contributed by atoms with E-state index in [0.29, 0.717) is 29.8 Å². The highest BCUT2D eigenvalue weighted by molar-refractivity contribution is 6.32. The summed E-state index contributed by atoms with van der Waals surface area (Å²) in [5.74, 6) is 1.58. The highest BCUT2D eigenvalue weighted by atomic mass is 35.5. The van der Waals surface area contributed by atoms with E-state index in [9.17, 15) is 0 Å². The van der Waals surface area contributed by atoms with Gasteiger partial charge < -0.3 is 15.6 Å². The number of hydrogen-bond acceptors (Lipinski definition) is 7. The number of hydrogen-bond donors (Lipinski definition) is 2. The third-order valence-corrected chi connectivity index (χ3v) is 2.37. The van der Waals surface area contributed by atoms with Gasteiger partial charge in [0.25, 0.3) is 0 Å². The fourth-order valence-electron chi connectivity index (χ4n) is 1.18. The van der Waals surface area contributed by atoms with Crippen molar-refractivity contribution in [3.63, 3.8) is 0 Å². The normalized spacial score (nSPS) is 10.5. The van der Waals surface area contributed by atoms with Crippen LogP contribution in [0.1, 0.15) is 18.6 Å². The molecular weight excluding hydrogens is 244 g/mol. The predicted octanol–water partition coefficient (Wildman–Crippen LogP) is 1.27. The van der Waals surface area contributed by atoms with Crippen molar-refractivity contribution < 1.29 is 4.52 Å². The molecule has 0 saturated heterocycles. The molecule has 3 N–H and O–H groups in total. The molecule has 0 aliphatic heterocycles. The van der Waals surface area contributed by atoms with Gasteiger partial charge in [0, 0.05) is 6.42 Å². The highest BCUT2D eigenvalue weighted by Crippen LogP contribution is 2.22. The Kier molecular flexibility index (Phi) is 3.38. The molecule has 0 spiro atoms. The molecule has 17 heavy (non-hydrogen) atoms. The van der Waals surface area contributed by atoms with Crippen LogP contribution in [0.4, 0.5) is 11.5 Å². The first-order valence-electron chi connectivity index (χ1n) is 5.02. The number of nitrogen functional groups attached to an aromatic ring is 1. The van der Waals surface area contributed by atoms with Crippen LogP contribution in [0.15, 0.2) is 10.9 Å². The summed E-state index contributed by atoms with van der Waals surface area (Å²) in [5, 5.41) is 6.93. The predicted molar refractivity (Wildman–Crippen MR) is 62.5 cm³/mol. The number of nitrogens with one attached hydrogen (secondary N) is 1. The van der Waals surface area contributed by atoms with E-state index in [0.717, 1.165) is 6.42 Å². The Hall–Kier alpha value is -1.89. The first-order valence-corrected chi connectivity index (χ1v) is 5.39. The zero-order valence-electron chi connectivity index (χ0n) is 9.14. The molecule has 0 unspecified atom stereocenters. The zero-order chi connectivity index (χ0) is 12.3. The Morgan fingerprint density at radius 2 is 2.29 bits per heavy atom. The summed E-state index contributed by atoms with van der Waals surface area (Å²) in [7, 11) is 0. The van der Waals surface area contributed by atoms with Gasteiger partial charge in [0.1, 0.15) is 12.0 Å². The first-order chi connectivity index (χ1) is 8.20. The third-order valence-electron chi connectivity index (χ3n) is 2.07. The maximum absolute atomic E-state index is 5.75. The third kappa shape index (κ3) is 2.62. The molecule has 0 aliphatic carbocycles. The minimum atomic E-state index is 0.210. The van der Waals surface area contributed by atoms with E-state index in [1.54, 1.807) is 0 Å². The van der Waals surface area contributed by atoms with Crippen molar-refractivity contribution >= 4 is 23.1 Å². The van der Waals surface area contributed by atoms with E-state index in [2.05, 4.69) is 25.4 Å². The Labute approximate surface area is 102 Å². The molecule has 0 radical (unpaired) electrons. The lowest BCUT2D eigenvalue weighted by atomic mass is 10.4. The van der Waals surface area contributed by atoms with Crippen LogP contribution in [-0.2, 0) is 13.0 Å². The minimum Gasteiger partial charge on any atom is -0.393 e. The molecule has 0 aromatic carbocycles. The van der Waals surface area contributed by atoms with Gasteiger partial charge in [0.15, 0.2) is 16.8 Å². The van der Waals surface area contributed by atoms with Crippen molar-refractivity contribution in [2.24, 2.45) is 0 Å². The van der Waals surface area contributed by atoms with Crippen LogP contribution in [0.5, 0.6) is 0 Å². The monoisotopic (exact) mass is 254 g/mol. The van der Waals surface area contributed by atoms with Crippen molar-refractivity contribution in [1.82, 2.24) is 20.1 Å². The Morgan fingerprint density at radius 3 is 3.00 bits per heavy atom.